The van der Waals surface area contributed by atoms with Crippen molar-refractivity contribution in [3.05, 3.63) is 68.7 Å². The number of nitrogens with one attached hydrogen (secondary N) is 2. The third-order valence-electron chi connectivity index (χ3n) is 4.55. The van der Waals surface area contributed by atoms with Crippen molar-refractivity contribution in [3.8, 4) is 11.3 Å². The van der Waals surface area contributed by atoms with Crippen LogP contribution in [0.5, 0.6) is 0 Å². The topological polar surface area (TPSA) is 88.0 Å². The first-order chi connectivity index (χ1) is 14.4. The lowest BCUT2D eigenvalue weighted by molar-refractivity contribution is -0.113. The molecule has 2 N–H and O–H groups in total. The van der Waals surface area contributed by atoms with Crippen molar-refractivity contribution in [2.24, 2.45) is 0 Å². The minimum absolute atomic E-state index is 0.147. The van der Waals surface area contributed by atoms with Crippen LogP contribution in [0.25, 0.3) is 21.5 Å². The Morgan fingerprint density at radius 2 is 2.23 bits per heavy atom. The number of aryl methyl sites for hydroxylation is 1. The third-order valence-corrected chi connectivity index (χ3v) is 6.99. The molecule has 9 heteroatoms. The molecule has 3 heterocycles. The van der Waals surface area contributed by atoms with Gasteiger partial charge in [-0.2, -0.15) is 0 Å². The van der Waals surface area contributed by atoms with Gasteiger partial charge in [-0.1, -0.05) is 17.7 Å². The van der Waals surface area contributed by atoms with Crippen LogP contribution in [0, 0.1) is 6.92 Å². The van der Waals surface area contributed by atoms with Gasteiger partial charge in [0.05, 0.1) is 22.7 Å². The first kappa shape index (κ1) is 20.7. The van der Waals surface area contributed by atoms with Crippen LogP contribution in [0.2, 0.25) is 5.02 Å². The maximum atomic E-state index is 12.7. The number of aromatic amines is 1. The van der Waals surface area contributed by atoms with Crippen LogP contribution < -0.4 is 10.9 Å². The summed E-state index contributed by atoms with van der Waals surface area (Å²) in [5, 5.41) is 5.66. The largest absolute Gasteiger partial charge is 0.464 e. The smallest absolute Gasteiger partial charge is 0.260 e. The van der Waals surface area contributed by atoms with Crippen LogP contribution in [-0.2, 0) is 4.79 Å². The summed E-state index contributed by atoms with van der Waals surface area (Å²) in [6.45, 7) is 3.81. The number of thiophene rings is 1. The van der Waals surface area contributed by atoms with Gasteiger partial charge in [0.15, 0.2) is 0 Å². The molecular weight excluding hydrogens is 442 g/mol. The van der Waals surface area contributed by atoms with Gasteiger partial charge in [0.2, 0.25) is 5.91 Å². The molecule has 4 aromatic rings. The molecule has 6 nitrogen and oxygen atoms in total. The normalized spacial score (nSPS) is 12.2. The number of aromatic nitrogens is 2. The summed E-state index contributed by atoms with van der Waals surface area (Å²) in [4.78, 5) is 33.1. The number of amides is 1. The molecule has 0 fully saturated rings. The van der Waals surface area contributed by atoms with Crippen molar-refractivity contribution < 1.29 is 9.21 Å². The Hall–Kier alpha value is -2.55. The maximum Gasteiger partial charge on any atom is 0.260 e. The summed E-state index contributed by atoms with van der Waals surface area (Å²) in [5.41, 5.74) is 2.12. The molecule has 0 aliphatic heterocycles. The zero-order valence-corrected chi connectivity index (χ0v) is 18.6. The Bertz CT molecular complexity index is 1260. The van der Waals surface area contributed by atoms with Crippen LogP contribution in [0.1, 0.15) is 23.6 Å². The van der Waals surface area contributed by atoms with Crippen molar-refractivity contribution in [2.45, 2.75) is 19.1 Å². The van der Waals surface area contributed by atoms with Gasteiger partial charge in [-0.05, 0) is 43.7 Å². The Morgan fingerprint density at radius 3 is 2.97 bits per heavy atom. The molecule has 1 atom stereocenters. The van der Waals surface area contributed by atoms with Crippen molar-refractivity contribution >= 4 is 56.5 Å². The van der Waals surface area contributed by atoms with E-state index in [0.29, 0.717) is 32.5 Å². The van der Waals surface area contributed by atoms with E-state index in [1.54, 1.807) is 18.4 Å². The van der Waals surface area contributed by atoms with E-state index < -0.39 is 0 Å². The van der Waals surface area contributed by atoms with Gasteiger partial charge in [0.25, 0.3) is 5.56 Å². The van der Waals surface area contributed by atoms with Crippen LogP contribution in [-0.4, -0.2) is 21.6 Å². The Balaban J connectivity index is 1.45. The second-order valence-electron chi connectivity index (χ2n) is 6.72. The minimum Gasteiger partial charge on any atom is -0.464 e. The fourth-order valence-corrected chi connectivity index (χ4v) is 4.78. The summed E-state index contributed by atoms with van der Waals surface area (Å²) in [7, 11) is 0. The van der Waals surface area contributed by atoms with E-state index >= 15 is 0 Å². The Kier molecular flexibility index (Phi) is 5.99. The SMILES string of the molecule is Cc1ccc(NC(=O)CSC(C)c2nc3scc(-c4ccco4)c3c(=O)[nH]2)cc1Cl. The number of furan rings is 1. The fourth-order valence-electron chi connectivity index (χ4n) is 2.92. The lowest BCUT2D eigenvalue weighted by Gasteiger charge is -2.11. The van der Waals surface area contributed by atoms with E-state index in [9.17, 15) is 9.59 Å². The molecule has 0 radical (unpaired) electrons. The molecule has 0 spiro atoms. The Morgan fingerprint density at radius 1 is 1.40 bits per heavy atom. The lowest BCUT2D eigenvalue weighted by Crippen LogP contribution is -2.16. The van der Waals surface area contributed by atoms with Gasteiger partial charge < -0.3 is 14.7 Å². The van der Waals surface area contributed by atoms with Gasteiger partial charge in [0.1, 0.15) is 16.4 Å². The van der Waals surface area contributed by atoms with Gasteiger partial charge in [-0.25, -0.2) is 4.98 Å². The molecule has 30 heavy (non-hydrogen) atoms. The number of anilines is 1. The third kappa shape index (κ3) is 4.30. The van der Waals surface area contributed by atoms with Crippen molar-refractivity contribution in [3.63, 3.8) is 0 Å². The molecular formula is C21H18ClN3O3S2. The summed E-state index contributed by atoms with van der Waals surface area (Å²) < 4.78 is 5.42. The van der Waals surface area contributed by atoms with E-state index in [2.05, 4.69) is 15.3 Å². The second-order valence-corrected chi connectivity index (χ2v) is 9.32. The number of hydrogen-bond acceptors (Lipinski definition) is 6. The zero-order valence-electron chi connectivity index (χ0n) is 16.2. The number of benzene rings is 1. The summed E-state index contributed by atoms with van der Waals surface area (Å²) >= 11 is 8.89. The van der Waals surface area contributed by atoms with E-state index in [1.165, 1.54) is 23.1 Å². The molecule has 0 saturated heterocycles. The van der Waals surface area contributed by atoms with Crippen LogP contribution >= 0.6 is 34.7 Å². The molecule has 1 amide bonds. The molecule has 0 aliphatic carbocycles. The highest BCUT2D eigenvalue weighted by atomic mass is 35.5. The predicted molar refractivity (Wildman–Crippen MR) is 124 cm³/mol. The monoisotopic (exact) mass is 459 g/mol. The lowest BCUT2D eigenvalue weighted by atomic mass is 10.2. The van der Waals surface area contributed by atoms with Crippen molar-refractivity contribution in [1.29, 1.82) is 0 Å². The van der Waals surface area contributed by atoms with Crippen molar-refractivity contribution in [1.82, 2.24) is 9.97 Å². The molecule has 0 bridgehead atoms. The van der Waals surface area contributed by atoms with Crippen LogP contribution in [0.3, 0.4) is 0 Å². The summed E-state index contributed by atoms with van der Waals surface area (Å²) in [6, 6.07) is 8.99. The highest BCUT2D eigenvalue weighted by Crippen LogP contribution is 2.33. The number of carbonyl (C=O) groups excluding carboxylic acids is 1. The summed E-state index contributed by atoms with van der Waals surface area (Å²) in [6.07, 6.45) is 1.57. The maximum absolute atomic E-state index is 12.7. The standard InChI is InChI=1S/C21H18ClN3O3S2/c1-11-5-6-13(8-15(11)22)23-17(26)10-29-12(2)19-24-20(27)18-14(9-30-21(18)25-19)16-4-3-7-28-16/h3-9,12H,10H2,1-2H3,(H,23,26)(H,24,25,27). The predicted octanol–water partition coefficient (Wildman–Crippen LogP) is 5.64. The number of halogens is 1. The fraction of sp³-hybridized carbons (Fsp3) is 0.190. The van der Waals surface area contributed by atoms with Gasteiger partial charge in [-0.3, -0.25) is 9.59 Å². The highest BCUT2D eigenvalue weighted by Gasteiger charge is 2.18. The number of hydrogen-bond donors (Lipinski definition) is 2. The van der Waals surface area contributed by atoms with Gasteiger partial charge in [-0.15, -0.1) is 23.1 Å². The number of fused-ring (bicyclic) bond motifs is 1. The molecule has 1 aromatic carbocycles. The van der Waals surface area contributed by atoms with E-state index in [0.717, 1.165) is 11.1 Å². The van der Waals surface area contributed by atoms with Crippen LogP contribution in [0.15, 0.2) is 51.2 Å². The molecule has 1 unspecified atom stereocenters. The van der Waals surface area contributed by atoms with Gasteiger partial charge >= 0.3 is 0 Å². The number of H-pyrrole nitrogens is 1. The first-order valence-corrected chi connectivity index (χ1v) is 11.5. The van der Waals surface area contributed by atoms with E-state index in [4.69, 9.17) is 16.0 Å². The van der Waals surface area contributed by atoms with Crippen molar-refractivity contribution in [2.75, 3.05) is 11.1 Å². The molecule has 0 saturated carbocycles. The molecule has 154 valence electrons. The van der Waals surface area contributed by atoms with E-state index in [1.807, 2.05) is 37.4 Å². The molecule has 3 aromatic heterocycles. The minimum atomic E-state index is -0.214. The second kappa shape index (κ2) is 8.67. The van der Waals surface area contributed by atoms with Gasteiger partial charge in [0, 0.05) is 21.7 Å². The quantitative estimate of drug-likeness (QED) is 0.389. The number of thioether (sulfide) groups is 1. The van der Waals surface area contributed by atoms with Crippen LogP contribution in [0.4, 0.5) is 5.69 Å². The summed E-state index contributed by atoms with van der Waals surface area (Å²) in [5.74, 6) is 1.25. The first-order valence-electron chi connectivity index (χ1n) is 9.15. The molecule has 4 rings (SSSR count). The average Bonchev–Trinajstić information content (AvgIpc) is 3.38. The highest BCUT2D eigenvalue weighted by molar-refractivity contribution is 8.00. The Labute approximate surface area is 185 Å². The zero-order chi connectivity index (χ0) is 21.3. The number of rotatable bonds is 6. The average molecular weight is 460 g/mol. The van der Waals surface area contributed by atoms with E-state index in [-0.39, 0.29) is 22.5 Å². The molecule has 0 aliphatic rings. The number of carbonyl (C=O) groups is 1. The number of nitrogens with zero attached hydrogens (tertiary/aromatic N) is 1.